The van der Waals surface area contributed by atoms with Crippen molar-refractivity contribution in [3.63, 3.8) is 0 Å². The SMILES string of the molecule is COc1ccc(N(c2nc3c(C(N)=O)cccc3o2)C2CC3CCCC(C2)N3C)cc1.Cl. The van der Waals surface area contributed by atoms with Crippen molar-refractivity contribution in [3.05, 3.63) is 48.0 Å². The molecular formula is C24H29ClN4O3. The van der Waals surface area contributed by atoms with Gasteiger partial charge in [0.25, 0.3) is 5.91 Å². The Morgan fingerprint density at radius 1 is 1.16 bits per heavy atom. The normalized spacial score (nSPS) is 22.9. The van der Waals surface area contributed by atoms with Gasteiger partial charge in [0.05, 0.1) is 12.7 Å². The van der Waals surface area contributed by atoms with Gasteiger partial charge in [-0.15, -0.1) is 12.4 Å². The maximum Gasteiger partial charge on any atom is 0.303 e. The number of oxazole rings is 1. The Hall–Kier alpha value is -2.77. The molecule has 0 aliphatic carbocycles. The number of piperidine rings is 2. The zero-order chi connectivity index (χ0) is 21.5. The molecule has 2 aliphatic rings. The quantitative estimate of drug-likeness (QED) is 0.608. The number of fused-ring (bicyclic) bond motifs is 3. The number of hydrogen-bond acceptors (Lipinski definition) is 6. The van der Waals surface area contributed by atoms with Gasteiger partial charge in [-0.05, 0) is 69.1 Å². The fourth-order valence-corrected chi connectivity index (χ4v) is 5.26. The summed E-state index contributed by atoms with van der Waals surface area (Å²) in [5, 5.41) is 0. The van der Waals surface area contributed by atoms with Crippen molar-refractivity contribution in [2.24, 2.45) is 5.73 Å². The summed E-state index contributed by atoms with van der Waals surface area (Å²) in [5.41, 5.74) is 8.03. The van der Waals surface area contributed by atoms with Crippen LogP contribution >= 0.6 is 12.4 Å². The molecule has 2 N–H and O–H groups in total. The zero-order valence-corrected chi connectivity index (χ0v) is 19.2. The van der Waals surface area contributed by atoms with Gasteiger partial charge in [0.15, 0.2) is 5.58 Å². The summed E-state index contributed by atoms with van der Waals surface area (Å²) >= 11 is 0. The molecule has 2 aromatic carbocycles. The molecule has 2 fully saturated rings. The van der Waals surface area contributed by atoms with Gasteiger partial charge in [-0.25, -0.2) is 0 Å². The van der Waals surface area contributed by atoms with Gasteiger partial charge in [0, 0.05) is 23.8 Å². The standard InChI is InChI=1S/C24H28N4O3.ClH/c1-27-16-5-3-6-17(27)14-18(13-16)28(15-9-11-19(30-2)12-10-15)24-26-22-20(23(25)29)7-4-8-21(22)31-24;/h4,7-12,16-18H,3,5-6,13-14H2,1-2H3,(H2,25,29);1H. The first kappa shape index (κ1) is 22.4. The highest BCUT2D eigenvalue weighted by Crippen LogP contribution is 2.40. The van der Waals surface area contributed by atoms with Crippen LogP contribution in [0.4, 0.5) is 11.7 Å². The van der Waals surface area contributed by atoms with E-state index in [1.54, 1.807) is 19.2 Å². The number of ether oxygens (including phenoxy) is 1. The van der Waals surface area contributed by atoms with E-state index in [9.17, 15) is 4.79 Å². The van der Waals surface area contributed by atoms with E-state index in [-0.39, 0.29) is 18.4 Å². The smallest absolute Gasteiger partial charge is 0.303 e. The molecule has 0 radical (unpaired) electrons. The third-order valence-electron chi connectivity index (χ3n) is 6.91. The topological polar surface area (TPSA) is 84.8 Å². The third kappa shape index (κ3) is 3.91. The Labute approximate surface area is 193 Å². The van der Waals surface area contributed by atoms with Crippen LogP contribution in [0.25, 0.3) is 11.1 Å². The number of para-hydroxylation sites is 1. The van der Waals surface area contributed by atoms with Crippen LogP contribution < -0.4 is 15.4 Å². The predicted octanol–water partition coefficient (Wildman–Crippen LogP) is 4.51. The first-order valence-electron chi connectivity index (χ1n) is 10.9. The van der Waals surface area contributed by atoms with Crippen molar-refractivity contribution in [2.75, 3.05) is 19.1 Å². The third-order valence-corrected chi connectivity index (χ3v) is 6.91. The van der Waals surface area contributed by atoms with Crippen LogP contribution in [0.1, 0.15) is 42.5 Å². The molecule has 2 bridgehead atoms. The van der Waals surface area contributed by atoms with Gasteiger partial charge in [0.1, 0.15) is 11.3 Å². The number of rotatable bonds is 5. The molecule has 32 heavy (non-hydrogen) atoms. The summed E-state index contributed by atoms with van der Waals surface area (Å²) in [6.07, 6.45) is 5.82. The van der Waals surface area contributed by atoms with Gasteiger partial charge < -0.3 is 19.8 Å². The molecule has 0 spiro atoms. The van der Waals surface area contributed by atoms with Crippen LogP contribution in [-0.2, 0) is 0 Å². The van der Waals surface area contributed by atoms with Gasteiger partial charge in [-0.2, -0.15) is 4.98 Å². The van der Waals surface area contributed by atoms with Crippen molar-refractivity contribution in [3.8, 4) is 5.75 Å². The van der Waals surface area contributed by atoms with E-state index >= 15 is 0 Å². The number of amides is 1. The summed E-state index contributed by atoms with van der Waals surface area (Å²) in [5.74, 6) is 0.299. The maximum atomic E-state index is 11.9. The minimum Gasteiger partial charge on any atom is -0.497 e. The molecule has 170 valence electrons. The first-order chi connectivity index (χ1) is 15.0. The number of benzene rings is 2. The fourth-order valence-electron chi connectivity index (χ4n) is 5.26. The van der Waals surface area contributed by atoms with E-state index in [0.717, 1.165) is 24.3 Å². The lowest BCUT2D eigenvalue weighted by molar-refractivity contribution is 0.0563. The van der Waals surface area contributed by atoms with E-state index in [4.69, 9.17) is 19.9 Å². The molecule has 8 heteroatoms. The number of carbonyl (C=O) groups is 1. The van der Waals surface area contributed by atoms with Crippen LogP contribution in [-0.4, -0.2) is 48.1 Å². The monoisotopic (exact) mass is 456 g/mol. The molecule has 3 aromatic rings. The van der Waals surface area contributed by atoms with Crippen molar-refractivity contribution < 1.29 is 13.9 Å². The number of nitrogens with zero attached hydrogens (tertiary/aromatic N) is 3. The molecule has 7 nitrogen and oxygen atoms in total. The Morgan fingerprint density at radius 2 is 1.84 bits per heavy atom. The van der Waals surface area contributed by atoms with Crippen molar-refractivity contribution in [1.29, 1.82) is 0 Å². The average molecular weight is 457 g/mol. The number of hydrogen-bond donors (Lipinski definition) is 1. The molecule has 2 aliphatic heterocycles. The molecule has 1 amide bonds. The second kappa shape index (κ2) is 9.00. The molecule has 0 saturated carbocycles. The lowest BCUT2D eigenvalue weighted by atomic mass is 9.81. The Balaban J connectivity index is 0.00000245. The number of methoxy groups -OCH3 is 1. The highest BCUT2D eigenvalue weighted by Gasteiger charge is 2.40. The Bertz CT molecular complexity index is 1090. The summed E-state index contributed by atoms with van der Waals surface area (Å²) < 4.78 is 11.5. The molecule has 5 rings (SSSR count). The lowest BCUT2D eigenvalue weighted by Gasteiger charge is -2.49. The highest BCUT2D eigenvalue weighted by atomic mass is 35.5. The molecular weight excluding hydrogens is 428 g/mol. The first-order valence-corrected chi connectivity index (χ1v) is 10.9. The minimum absolute atomic E-state index is 0. The highest BCUT2D eigenvalue weighted by molar-refractivity contribution is 6.03. The van der Waals surface area contributed by atoms with E-state index in [1.807, 2.05) is 30.3 Å². The van der Waals surface area contributed by atoms with Crippen LogP contribution in [0.15, 0.2) is 46.9 Å². The van der Waals surface area contributed by atoms with E-state index < -0.39 is 5.91 Å². The average Bonchev–Trinajstić information content (AvgIpc) is 3.18. The molecule has 3 heterocycles. The molecule has 2 atom stereocenters. The number of carbonyl (C=O) groups excluding carboxylic acids is 1. The van der Waals surface area contributed by atoms with Crippen LogP contribution in [0.3, 0.4) is 0 Å². The lowest BCUT2D eigenvalue weighted by Crippen LogP contribution is -2.54. The van der Waals surface area contributed by atoms with Gasteiger partial charge >= 0.3 is 6.01 Å². The number of aromatic nitrogens is 1. The van der Waals surface area contributed by atoms with E-state index in [0.29, 0.717) is 34.8 Å². The Morgan fingerprint density at radius 3 is 2.47 bits per heavy atom. The second-order valence-electron chi connectivity index (χ2n) is 8.61. The van der Waals surface area contributed by atoms with Crippen molar-refractivity contribution in [1.82, 2.24) is 9.88 Å². The summed E-state index contributed by atoms with van der Waals surface area (Å²) in [4.78, 5) is 21.4. The number of nitrogens with two attached hydrogens (primary N) is 1. The summed E-state index contributed by atoms with van der Waals surface area (Å²) in [7, 11) is 3.91. The number of halogens is 1. The van der Waals surface area contributed by atoms with Gasteiger partial charge in [0.2, 0.25) is 0 Å². The van der Waals surface area contributed by atoms with E-state index in [2.05, 4.69) is 16.8 Å². The molecule has 1 aromatic heterocycles. The predicted molar refractivity (Wildman–Crippen MR) is 127 cm³/mol. The van der Waals surface area contributed by atoms with Gasteiger partial charge in [-0.1, -0.05) is 12.5 Å². The van der Waals surface area contributed by atoms with Crippen LogP contribution in [0, 0.1) is 0 Å². The second-order valence-corrected chi connectivity index (χ2v) is 8.61. The fraction of sp³-hybridized carbons (Fsp3) is 0.417. The number of primary amides is 1. The Kier molecular flexibility index (Phi) is 6.31. The van der Waals surface area contributed by atoms with Gasteiger partial charge in [-0.3, -0.25) is 9.69 Å². The van der Waals surface area contributed by atoms with Crippen molar-refractivity contribution >= 4 is 41.1 Å². The number of anilines is 2. The summed E-state index contributed by atoms with van der Waals surface area (Å²) in [6, 6.07) is 15.1. The van der Waals surface area contributed by atoms with Crippen molar-refractivity contribution in [2.45, 2.75) is 50.2 Å². The minimum atomic E-state index is -0.504. The maximum absolute atomic E-state index is 11.9. The molecule has 2 saturated heterocycles. The van der Waals surface area contributed by atoms with E-state index in [1.165, 1.54) is 19.3 Å². The molecule has 2 unspecified atom stereocenters. The van der Waals surface area contributed by atoms with Crippen LogP contribution in [0.2, 0.25) is 0 Å². The van der Waals surface area contributed by atoms with Crippen LogP contribution in [0.5, 0.6) is 5.75 Å². The zero-order valence-electron chi connectivity index (χ0n) is 18.4. The largest absolute Gasteiger partial charge is 0.497 e. The summed E-state index contributed by atoms with van der Waals surface area (Å²) in [6.45, 7) is 0.